The Morgan fingerprint density at radius 1 is 0.931 bits per heavy atom. The summed E-state index contributed by atoms with van der Waals surface area (Å²) in [5.41, 5.74) is 2.98. The molecule has 2 aromatic rings. The lowest BCUT2D eigenvalue weighted by atomic mass is 10.0. The average molecular weight is 394 g/mol. The van der Waals surface area contributed by atoms with E-state index in [1.165, 1.54) is 5.56 Å². The molecule has 0 aliphatic carbocycles. The summed E-state index contributed by atoms with van der Waals surface area (Å²) in [6.45, 7) is 9.91. The zero-order chi connectivity index (χ0) is 20.8. The molecule has 1 N–H and O–H groups in total. The molecule has 1 aliphatic rings. The predicted octanol–water partition coefficient (Wildman–Crippen LogP) is 3.09. The highest BCUT2D eigenvalue weighted by atomic mass is 16.2. The van der Waals surface area contributed by atoms with Crippen LogP contribution in [0.5, 0.6) is 0 Å². The minimum Gasteiger partial charge on any atom is -0.340 e. The van der Waals surface area contributed by atoms with Gasteiger partial charge < -0.3 is 10.2 Å². The molecule has 0 aromatic heterocycles. The van der Waals surface area contributed by atoms with Gasteiger partial charge in [-0.3, -0.25) is 14.5 Å². The molecule has 29 heavy (non-hydrogen) atoms. The van der Waals surface area contributed by atoms with Crippen molar-refractivity contribution >= 4 is 11.8 Å². The molecular formula is C24H31N3O2. The molecule has 1 fully saturated rings. The van der Waals surface area contributed by atoms with Crippen LogP contribution in [0.2, 0.25) is 0 Å². The number of carbonyl (C=O) groups is 2. The number of aryl methyl sites for hydroxylation is 1. The molecule has 154 valence electrons. The Morgan fingerprint density at radius 2 is 1.55 bits per heavy atom. The topological polar surface area (TPSA) is 52.7 Å². The number of hydrogen-bond acceptors (Lipinski definition) is 3. The Balaban J connectivity index is 1.57. The van der Waals surface area contributed by atoms with E-state index in [0.717, 1.165) is 25.2 Å². The van der Waals surface area contributed by atoms with E-state index < -0.39 is 6.04 Å². The fourth-order valence-electron chi connectivity index (χ4n) is 3.61. The number of nitrogens with zero attached hydrogens (tertiary/aromatic N) is 2. The molecule has 0 saturated carbocycles. The van der Waals surface area contributed by atoms with Crippen LogP contribution in [-0.2, 0) is 11.3 Å². The molecule has 2 aromatic carbocycles. The Kier molecular flexibility index (Phi) is 7.04. The van der Waals surface area contributed by atoms with E-state index in [-0.39, 0.29) is 17.7 Å². The fraction of sp³-hybridized carbons (Fsp3) is 0.417. The largest absolute Gasteiger partial charge is 0.340 e. The first-order valence-corrected chi connectivity index (χ1v) is 10.4. The van der Waals surface area contributed by atoms with Crippen LogP contribution in [0.1, 0.15) is 35.3 Å². The maximum absolute atomic E-state index is 13.1. The maximum atomic E-state index is 13.1. The van der Waals surface area contributed by atoms with Crippen LogP contribution >= 0.6 is 0 Å². The van der Waals surface area contributed by atoms with Crippen molar-refractivity contribution in [1.82, 2.24) is 15.1 Å². The highest BCUT2D eigenvalue weighted by Gasteiger charge is 2.30. The quantitative estimate of drug-likeness (QED) is 0.821. The van der Waals surface area contributed by atoms with Gasteiger partial charge in [0, 0.05) is 38.3 Å². The molecule has 0 spiro atoms. The number of hydrogen-bond donors (Lipinski definition) is 1. The van der Waals surface area contributed by atoms with E-state index in [4.69, 9.17) is 0 Å². The molecule has 1 heterocycles. The van der Waals surface area contributed by atoms with Crippen molar-refractivity contribution in [2.24, 2.45) is 5.92 Å². The lowest BCUT2D eigenvalue weighted by Crippen LogP contribution is -2.56. The van der Waals surface area contributed by atoms with Gasteiger partial charge >= 0.3 is 0 Å². The summed E-state index contributed by atoms with van der Waals surface area (Å²) in [7, 11) is 0. The number of piperazine rings is 1. The Bertz CT molecular complexity index is 810. The van der Waals surface area contributed by atoms with Crippen LogP contribution < -0.4 is 5.32 Å². The van der Waals surface area contributed by atoms with E-state index >= 15 is 0 Å². The van der Waals surface area contributed by atoms with Gasteiger partial charge in [-0.05, 0) is 30.5 Å². The van der Waals surface area contributed by atoms with E-state index in [0.29, 0.717) is 18.7 Å². The van der Waals surface area contributed by atoms with Gasteiger partial charge in [-0.1, -0.05) is 61.9 Å². The second kappa shape index (κ2) is 9.70. The smallest absolute Gasteiger partial charge is 0.251 e. The van der Waals surface area contributed by atoms with Crippen molar-refractivity contribution in [2.75, 3.05) is 26.2 Å². The number of amides is 2. The van der Waals surface area contributed by atoms with Crippen LogP contribution in [0, 0.1) is 12.8 Å². The number of benzene rings is 2. The third-order valence-electron chi connectivity index (χ3n) is 5.47. The van der Waals surface area contributed by atoms with Crippen molar-refractivity contribution in [3.63, 3.8) is 0 Å². The van der Waals surface area contributed by atoms with Crippen molar-refractivity contribution in [3.8, 4) is 0 Å². The minimum absolute atomic E-state index is 0.0137. The number of carbonyl (C=O) groups excluding carboxylic acids is 2. The minimum atomic E-state index is -0.510. The molecule has 1 saturated heterocycles. The molecule has 5 heteroatoms. The molecule has 2 amide bonds. The van der Waals surface area contributed by atoms with Crippen LogP contribution in [0.15, 0.2) is 54.6 Å². The van der Waals surface area contributed by atoms with Crippen molar-refractivity contribution in [2.45, 2.75) is 33.4 Å². The molecule has 5 nitrogen and oxygen atoms in total. The summed E-state index contributed by atoms with van der Waals surface area (Å²) in [4.78, 5) is 30.0. The third-order valence-corrected chi connectivity index (χ3v) is 5.47. The van der Waals surface area contributed by atoms with Gasteiger partial charge in [-0.25, -0.2) is 0 Å². The van der Waals surface area contributed by atoms with Gasteiger partial charge in [0.05, 0.1) is 0 Å². The van der Waals surface area contributed by atoms with Crippen molar-refractivity contribution < 1.29 is 9.59 Å². The van der Waals surface area contributed by atoms with Gasteiger partial charge in [0.15, 0.2) is 0 Å². The van der Waals surface area contributed by atoms with Crippen molar-refractivity contribution in [1.29, 1.82) is 0 Å². The summed E-state index contributed by atoms with van der Waals surface area (Å²) < 4.78 is 0. The fourth-order valence-corrected chi connectivity index (χ4v) is 3.61. The van der Waals surface area contributed by atoms with Gasteiger partial charge in [-0.15, -0.1) is 0 Å². The first kappa shape index (κ1) is 21.1. The van der Waals surface area contributed by atoms with Gasteiger partial charge in [0.25, 0.3) is 5.91 Å². The van der Waals surface area contributed by atoms with Crippen molar-refractivity contribution in [3.05, 3.63) is 71.3 Å². The highest BCUT2D eigenvalue weighted by Crippen LogP contribution is 2.13. The van der Waals surface area contributed by atoms with Crippen LogP contribution in [0.25, 0.3) is 0 Å². The maximum Gasteiger partial charge on any atom is 0.251 e. The third kappa shape index (κ3) is 5.67. The Hall–Kier alpha value is -2.66. The lowest BCUT2D eigenvalue weighted by molar-refractivity contribution is -0.136. The zero-order valence-electron chi connectivity index (χ0n) is 17.6. The molecule has 0 radical (unpaired) electrons. The normalized spacial score (nSPS) is 15.9. The van der Waals surface area contributed by atoms with Gasteiger partial charge in [0.2, 0.25) is 5.91 Å². The predicted molar refractivity (Wildman–Crippen MR) is 116 cm³/mol. The highest BCUT2D eigenvalue weighted by molar-refractivity contribution is 5.97. The molecule has 0 bridgehead atoms. The average Bonchev–Trinajstić information content (AvgIpc) is 2.73. The summed E-state index contributed by atoms with van der Waals surface area (Å²) in [6.07, 6.45) is 0. The first-order chi connectivity index (χ1) is 13.9. The number of rotatable bonds is 6. The SMILES string of the molecule is Cc1ccc(C(=O)NC(C(=O)N2CCN(Cc3ccccc3)CC2)C(C)C)cc1. The molecule has 1 aliphatic heterocycles. The summed E-state index contributed by atoms with van der Waals surface area (Å²) in [5, 5.41) is 2.96. The van der Waals surface area contributed by atoms with Crippen LogP contribution in [-0.4, -0.2) is 53.8 Å². The monoisotopic (exact) mass is 393 g/mol. The van der Waals surface area contributed by atoms with E-state index in [1.54, 1.807) is 12.1 Å². The zero-order valence-corrected chi connectivity index (χ0v) is 17.6. The summed E-state index contributed by atoms with van der Waals surface area (Å²) >= 11 is 0. The number of nitrogens with one attached hydrogen (secondary N) is 1. The summed E-state index contributed by atoms with van der Waals surface area (Å²) in [6, 6.07) is 17.3. The Morgan fingerprint density at radius 3 is 2.14 bits per heavy atom. The van der Waals surface area contributed by atoms with E-state index in [1.807, 2.05) is 43.9 Å². The lowest BCUT2D eigenvalue weighted by Gasteiger charge is -2.37. The Labute approximate surface area is 173 Å². The van der Waals surface area contributed by atoms with E-state index in [9.17, 15) is 9.59 Å². The summed E-state index contributed by atoms with van der Waals surface area (Å²) in [5.74, 6) is -0.154. The molecule has 1 unspecified atom stereocenters. The van der Waals surface area contributed by atoms with E-state index in [2.05, 4.69) is 34.5 Å². The van der Waals surface area contributed by atoms with Crippen LogP contribution in [0.4, 0.5) is 0 Å². The standard InChI is InChI=1S/C24H31N3O2/c1-18(2)22(25-23(28)21-11-9-19(3)10-12-21)24(29)27-15-13-26(14-16-27)17-20-7-5-4-6-8-20/h4-12,18,22H,13-17H2,1-3H3,(H,25,28). The second-order valence-corrected chi connectivity index (χ2v) is 8.15. The first-order valence-electron chi connectivity index (χ1n) is 10.4. The molecular weight excluding hydrogens is 362 g/mol. The van der Waals surface area contributed by atoms with Gasteiger partial charge in [-0.2, -0.15) is 0 Å². The molecule has 1 atom stereocenters. The van der Waals surface area contributed by atoms with Gasteiger partial charge in [0.1, 0.15) is 6.04 Å². The molecule has 3 rings (SSSR count). The second-order valence-electron chi connectivity index (χ2n) is 8.15. The van der Waals surface area contributed by atoms with Crippen LogP contribution in [0.3, 0.4) is 0 Å².